The molecule has 2 heterocycles. The SMILES string of the molecule is CCc1ccc(-c2noc(C3=C(C)N(c4ccc(F)c(F)c4)C(=O)NC3c3ccc(C)cc3)n2)cc1. The highest BCUT2D eigenvalue weighted by atomic mass is 19.2. The molecule has 8 heteroatoms. The van der Waals surface area contributed by atoms with Crippen LogP contribution in [0.3, 0.4) is 0 Å². The van der Waals surface area contributed by atoms with Crippen molar-refractivity contribution in [3.63, 3.8) is 0 Å². The normalized spacial score (nSPS) is 15.9. The van der Waals surface area contributed by atoms with Crippen molar-refractivity contribution in [1.29, 1.82) is 0 Å². The lowest BCUT2D eigenvalue weighted by Crippen LogP contribution is -2.46. The Hall–Kier alpha value is -4.33. The average molecular weight is 487 g/mol. The molecule has 0 bridgehead atoms. The molecule has 1 aliphatic heterocycles. The Labute approximate surface area is 207 Å². The summed E-state index contributed by atoms with van der Waals surface area (Å²) in [5, 5.41) is 7.14. The van der Waals surface area contributed by atoms with Gasteiger partial charge in [0.2, 0.25) is 5.82 Å². The van der Waals surface area contributed by atoms with Crippen LogP contribution in [-0.2, 0) is 6.42 Å². The molecule has 0 radical (unpaired) electrons. The second-order valence-electron chi connectivity index (χ2n) is 8.70. The van der Waals surface area contributed by atoms with Crippen LogP contribution in [-0.4, -0.2) is 16.2 Å². The minimum Gasteiger partial charge on any atom is -0.334 e. The van der Waals surface area contributed by atoms with Gasteiger partial charge < -0.3 is 9.84 Å². The molecular formula is C28H24F2N4O2. The number of carbonyl (C=O) groups is 1. The molecule has 0 spiro atoms. The summed E-state index contributed by atoms with van der Waals surface area (Å²) < 4.78 is 33.3. The van der Waals surface area contributed by atoms with E-state index in [2.05, 4.69) is 22.4 Å². The number of allylic oxidation sites excluding steroid dienone is 1. The van der Waals surface area contributed by atoms with Crippen LogP contribution in [0, 0.1) is 18.6 Å². The van der Waals surface area contributed by atoms with Crippen LogP contribution in [0.25, 0.3) is 17.0 Å². The average Bonchev–Trinajstić information content (AvgIpc) is 3.36. The number of hydrogen-bond acceptors (Lipinski definition) is 4. The summed E-state index contributed by atoms with van der Waals surface area (Å²) in [7, 11) is 0. The maximum absolute atomic E-state index is 14.0. The molecule has 182 valence electrons. The van der Waals surface area contributed by atoms with Crippen LogP contribution >= 0.6 is 0 Å². The van der Waals surface area contributed by atoms with Crippen molar-refractivity contribution in [2.75, 3.05) is 4.90 Å². The quantitative estimate of drug-likeness (QED) is 0.346. The van der Waals surface area contributed by atoms with Gasteiger partial charge in [-0.25, -0.2) is 13.6 Å². The molecular weight excluding hydrogens is 462 g/mol. The van der Waals surface area contributed by atoms with Gasteiger partial charge in [-0.15, -0.1) is 0 Å². The van der Waals surface area contributed by atoms with E-state index >= 15 is 0 Å². The Balaban J connectivity index is 1.64. The maximum Gasteiger partial charge on any atom is 0.327 e. The molecule has 3 aromatic carbocycles. The molecule has 5 rings (SSSR count). The Bertz CT molecular complexity index is 1460. The molecule has 1 aromatic heterocycles. The summed E-state index contributed by atoms with van der Waals surface area (Å²) in [5.74, 6) is -1.41. The summed E-state index contributed by atoms with van der Waals surface area (Å²) >= 11 is 0. The van der Waals surface area contributed by atoms with E-state index in [0.717, 1.165) is 35.2 Å². The van der Waals surface area contributed by atoms with Crippen LogP contribution in [0.5, 0.6) is 0 Å². The first kappa shape index (κ1) is 23.4. The standard InChI is InChI=1S/C28H24F2N4O2/c1-4-18-7-11-20(12-8-18)26-32-27(36-33-26)24-17(3)34(21-13-14-22(29)23(30)15-21)28(35)31-25(24)19-9-5-16(2)6-10-19/h5-15,25H,4H2,1-3H3,(H,31,35). The Morgan fingerprint density at radius 3 is 2.36 bits per heavy atom. The van der Waals surface area contributed by atoms with Gasteiger partial charge in [-0.05, 0) is 43.5 Å². The number of aryl methyl sites for hydroxylation is 2. The van der Waals surface area contributed by atoms with Crippen molar-refractivity contribution in [2.24, 2.45) is 0 Å². The molecule has 2 amide bonds. The van der Waals surface area contributed by atoms with Gasteiger partial charge in [-0.2, -0.15) is 4.98 Å². The summed E-state index contributed by atoms with van der Waals surface area (Å²) in [4.78, 5) is 19.1. The van der Waals surface area contributed by atoms with Gasteiger partial charge in [-0.1, -0.05) is 66.2 Å². The van der Waals surface area contributed by atoms with Crippen molar-refractivity contribution >= 4 is 17.3 Å². The Kier molecular flexibility index (Phi) is 6.10. The van der Waals surface area contributed by atoms with Crippen molar-refractivity contribution < 1.29 is 18.1 Å². The first-order valence-corrected chi connectivity index (χ1v) is 11.6. The molecule has 0 aliphatic carbocycles. The lowest BCUT2D eigenvalue weighted by molar-refractivity contribution is 0.244. The van der Waals surface area contributed by atoms with Crippen LogP contribution in [0.1, 0.15) is 42.5 Å². The molecule has 0 fully saturated rings. The van der Waals surface area contributed by atoms with Gasteiger partial charge in [0.05, 0.1) is 17.3 Å². The van der Waals surface area contributed by atoms with Crippen molar-refractivity contribution in [3.8, 4) is 11.4 Å². The van der Waals surface area contributed by atoms with E-state index in [9.17, 15) is 13.6 Å². The highest BCUT2D eigenvalue weighted by Gasteiger charge is 2.36. The number of rotatable bonds is 5. The topological polar surface area (TPSA) is 71.3 Å². The number of nitrogens with one attached hydrogen (secondary N) is 1. The molecule has 0 saturated heterocycles. The zero-order valence-electron chi connectivity index (χ0n) is 20.0. The number of anilines is 1. The number of carbonyl (C=O) groups excluding carboxylic acids is 1. The summed E-state index contributed by atoms with van der Waals surface area (Å²) in [5.41, 5.74) is 5.09. The van der Waals surface area contributed by atoms with Gasteiger partial charge in [0.25, 0.3) is 5.89 Å². The van der Waals surface area contributed by atoms with E-state index in [0.29, 0.717) is 17.1 Å². The van der Waals surface area contributed by atoms with E-state index in [4.69, 9.17) is 4.52 Å². The Morgan fingerprint density at radius 1 is 0.972 bits per heavy atom. The van der Waals surface area contributed by atoms with Gasteiger partial charge >= 0.3 is 6.03 Å². The third kappa shape index (κ3) is 4.26. The fraction of sp³-hybridized carbons (Fsp3) is 0.179. The van der Waals surface area contributed by atoms with Crippen molar-refractivity contribution in [1.82, 2.24) is 15.5 Å². The van der Waals surface area contributed by atoms with Crippen LogP contribution < -0.4 is 10.2 Å². The van der Waals surface area contributed by atoms with Crippen molar-refractivity contribution in [2.45, 2.75) is 33.2 Å². The summed E-state index contributed by atoms with van der Waals surface area (Å²) in [6.07, 6.45) is 0.918. The van der Waals surface area contributed by atoms with Crippen LogP contribution in [0.2, 0.25) is 0 Å². The second kappa shape index (κ2) is 9.37. The maximum atomic E-state index is 14.0. The highest BCUT2D eigenvalue weighted by molar-refractivity contribution is 6.01. The van der Waals surface area contributed by atoms with E-state index < -0.39 is 23.7 Å². The minimum atomic E-state index is -1.05. The molecule has 1 aliphatic rings. The number of urea groups is 1. The monoisotopic (exact) mass is 486 g/mol. The number of amides is 2. The number of nitrogens with zero attached hydrogens (tertiary/aromatic N) is 3. The fourth-order valence-corrected chi connectivity index (χ4v) is 4.30. The van der Waals surface area contributed by atoms with E-state index in [1.165, 1.54) is 16.5 Å². The number of halogens is 2. The number of aromatic nitrogens is 2. The first-order valence-electron chi connectivity index (χ1n) is 11.6. The number of hydrogen-bond donors (Lipinski definition) is 1. The molecule has 1 atom stereocenters. The predicted octanol–water partition coefficient (Wildman–Crippen LogP) is 6.59. The first-order chi connectivity index (χ1) is 17.4. The van der Waals surface area contributed by atoms with Gasteiger partial charge in [0.15, 0.2) is 11.6 Å². The van der Waals surface area contributed by atoms with Crippen LogP contribution in [0.4, 0.5) is 19.3 Å². The lowest BCUT2D eigenvalue weighted by atomic mass is 9.94. The molecule has 6 nitrogen and oxygen atoms in total. The smallest absolute Gasteiger partial charge is 0.327 e. The largest absolute Gasteiger partial charge is 0.334 e. The molecule has 36 heavy (non-hydrogen) atoms. The van der Waals surface area contributed by atoms with Crippen molar-refractivity contribution in [3.05, 3.63) is 107 Å². The van der Waals surface area contributed by atoms with Crippen LogP contribution in [0.15, 0.2) is 77.0 Å². The third-order valence-electron chi connectivity index (χ3n) is 6.33. The van der Waals surface area contributed by atoms with Gasteiger partial charge in [0, 0.05) is 17.3 Å². The number of benzene rings is 3. The summed E-state index contributed by atoms with van der Waals surface area (Å²) in [6.45, 7) is 5.78. The Morgan fingerprint density at radius 2 is 1.69 bits per heavy atom. The molecule has 1 N–H and O–H groups in total. The highest BCUT2D eigenvalue weighted by Crippen LogP contribution is 2.39. The lowest BCUT2D eigenvalue weighted by Gasteiger charge is -2.35. The predicted molar refractivity (Wildman–Crippen MR) is 133 cm³/mol. The minimum absolute atomic E-state index is 0.179. The third-order valence-corrected chi connectivity index (χ3v) is 6.33. The fourth-order valence-electron chi connectivity index (χ4n) is 4.30. The van der Waals surface area contributed by atoms with E-state index in [1.807, 2.05) is 55.5 Å². The summed E-state index contributed by atoms with van der Waals surface area (Å²) in [6, 6.07) is 17.9. The zero-order valence-corrected chi connectivity index (χ0v) is 20.0. The van der Waals surface area contributed by atoms with Gasteiger partial charge in [-0.3, -0.25) is 4.90 Å². The molecule has 1 unspecified atom stereocenters. The van der Waals surface area contributed by atoms with Gasteiger partial charge in [0.1, 0.15) is 0 Å². The van der Waals surface area contributed by atoms with E-state index in [-0.39, 0.29) is 11.6 Å². The molecule has 0 saturated carbocycles. The van der Waals surface area contributed by atoms with E-state index in [1.54, 1.807) is 6.92 Å². The second-order valence-corrected chi connectivity index (χ2v) is 8.70. The molecule has 4 aromatic rings. The zero-order chi connectivity index (χ0) is 25.4.